The predicted molar refractivity (Wildman–Crippen MR) is 55.6 cm³/mol. The van der Waals surface area contributed by atoms with E-state index in [1.807, 2.05) is 0 Å². The summed E-state index contributed by atoms with van der Waals surface area (Å²) in [6.07, 6.45) is 2.42. The average molecular weight is 208 g/mol. The van der Waals surface area contributed by atoms with Gasteiger partial charge in [-0.15, -0.1) is 5.11 Å². The summed E-state index contributed by atoms with van der Waals surface area (Å²) in [7, 11) is 0. The molecule has 6 heteroatoms. The molecule has 5 nitrogen and oxygen atoms in total. The molecule has 14 heavy (non-hydrogen) atoms. The van der Waals surface area contributed by atoms with Crippen molar-refractivity contribution in [2.75, 3.05) is 5.75 Å². The highest BCUT2D eigenvalue weighted by Crippen LogP contribution is 2.19. The first-order chi connectivity index (χ1) is 6.81. The summed E-state index contributed by atoms with van der Waals surface area (Å²) in [5.74, 6) is 1.00. The van der Waals surface area contributed by atoms with Crippen LogP contribution in [0, 0.1) is 0 Å². The molecule has 2 rings (SSSR count). The number of aliphatic imine (C=N–C) groups is 2. The highest BCUT2D eigenvalue weighted by Gasteiger charge is 2.24. The molecule has 72 valence electrons. The second-order valence-electron chi connectivity index (χ2n) is 2.74. The predicted octanol–water partition coefficient (Wildman–Crippen LogP) is 1.77. The molecule has 0 saturated heterocycles. The lowest BCUT2D eigenvalue weighted by molar-refractivity contribution is -0.113. The van der Waals surface area contributed by atoms with E-state index in [2.05, 4.69) is 27.1 Å². The Labute approximate surface area is 85.1 Å². The smallest absolute Gasteiger partial charge is 0.266 e. The Morgan fingerprint density at radius 3 is 3.07 bits per heavy atom. The molecular weight excluding hydrogens is 200 g/mol. The van der Waals surface area contributed by atoms with E-state index < -0.39 is 0 Å². The molecule has 1 amide bonds. The van der Waals surface area contributed by atoms with Crippen LogP contribution in [0.15, 0.2) is 32.0 Å². The number of nitrogens with zero attached hydrogens (tertiary/aromatic N) is 4. The number of rotatable bonds is 2. The molecular formula is C8H8N4OS. The second kappa shape index (κ2) is 3.83. The first-order valence-corrected chi connectivity index (χ1v) is 5.25. The van der Waals surface area contributed by atoms with Crippen LogP contribution in [0.25, 0.3) is 0 Å². The fourth-order valence-electron chi connectivity index (χ4n) is 1.01. The van der Waals surface area contributed by atoms with Crippen molar-refractivity contribution in [2.45, 2.75) is 13.3 Å². The van der Waals surface area contributed by atoms with Gasteiger partial charge < -0.3 is 0 Å². The number of carbonyl (C=O) groups is 1. The molecule has 0 aliphatic carbocycles. The number of azo groups is 1. The van der Waals surface area contributed by atoms with Gasteiger partial charge >= 0.3 is 0 Å². The van der Waals surface area contributed by atoms with Crippen molar-refractivity contribution in [3.8, 4) is 0 Å². The molecule has 0 radical (unpaired) electrons. The molecule has 0 saturated carbocycles. The lowest BCUT2D eigenvalue weighted by Crippen LogP contribution is -2.15. The number of amides is 1. The normalized spacial score (nSPS) is 18.9. The Morgan fingerprint density at radius 1 is 1.43 bits per heavy atom. The van der Waals surface area contributed by atoms with Crippen LogP contribution in [0.5, 0.6) is 0 Å². The number of thioether (sulfide) groups is 1. The van der Waals surface area contributed by atoms with E-state index in [9.17, 15) is 4.79 Å². The van der Waals surface area contributed by atoms with Crippen molar-refractivity contribution in [3.63, 3.8) is 0 Å². The number of hydrogen-bond acceptors (Lipinski definition) is 5. The number of fused-ring (bicyclic) bond motifs is 1. The molecule has 0 aromatic heterocycles. The minimum atomic E-state index is -0.293. The van der Waals surface area contributed by atoms with E-state index in [4.69, 9.17) is 0 Å². The number of carbonyl (C=O) groups excluding carboxylic acids is 1. The molecule has 0 atom stereocenters. The van der Waals surface area contributed by atoms with Gasteiger partial charge in [-0.2, -0.15) is 10.1 Å². The maximum atomic E-state index is 11.4. The van der Waals surface area contributed by atoms with Gasteiger partial charge in [0.1, 0.15) is 5.57 Å². The van der Waals surface area contributed by atoms with Crippen LogP contribution in [-0.4, -0.2) is 22.7 Å². The zero-order chi connectivity index (χ0) is 9.97. The zero-order valence-corrected chi connectivity index (χ0v) is 8.41. The summed E-state index contributed by atoms with van der Waals surface area (Å²) in [6.45, 7) is 2.06. The minimum Gasteiger partial charge on any atom is -0.266 e. The lowest BCUT2D eigenvalue weighted by atomic mass is 10.2. The Kier molecular flexibility index (Phi) is 2.53. The molecule has 0 N–H and O–H groups in total. The summed E-state index contributed by atoms with van der Waals surface area (Å²) >= 11 is 1.46. The molecule has 0 spiro atoms. The van der Waals surface area contributed by atoms with Crippen molar-refractivity contribution < 1.29 is 4.79 Å². The van der Waals surface area contributed by atoms with Crippen LogP contribution in [-0.2, 0) is 4.79 Å². The fraction of sp³-hybridized carbons (Fsp3) is 0.375. The van der Waals surface area contributed by atoms with Gasteiger partial charge in [0.15, 0.2) is 11.0 Å². The fourth-order valence-corrected chi connectivity index (χ4v) is 1.69. The third-order valence-electron chi connectivity index (χ3n) is 1.64. The molecule has 2 aliphatic heterocycles. The van der Waals surface area contributed by atoms with Crippen LogP contribution in [0.3, 0.4) is 0 Å². The van der Waals surface area contributed by atoms with Crippen LogP contribution < -0.4 is 0 Å². The summed E-state index contributed by atoms with van der Waals surface area (Å²) in [4.78, 5) is 19.3. The van der Waals surface area contributed by atoms with E-state index in [1.165, 1.54) is 18.0 Å². The lowest BCUT2D eigenvalue weighted by Gasteiger charge is -2.05. The molecule has 0 aromatic rings. The SMILES string of the molecule is CCCSC1=NC(=O)C2=CN=NC2=N1. The second-order valence-corrected chi connectivity index (χ2v) is 3.80. The van der Waals surface area contributed by atoms with E-state index in [0.717, 1.165) is 12.2 Å². The summed E-state index contributed by atoms with van der Waals surface area (Å²) in [5.41, 5.74) is 0.394. The van der Waals surface area contributed by atoms with Crippen molar-refractivity contribution in [1.82, 2.24) is 0 Å². The Hall–Kier alpha value is -1.30. The largest absolute Gasteiger partial charge is 0.285 e. The van der Waals surface area contributed by atoms with Gasteiger partial charge in [0.05, 0.1) is 6.20 Å². The Balaban J connectivity index is 2.18. The van der Waals surface area contributed by atoms with Gasteiger partial charge in [-0.1, -0.05) is 18.7 Å². The first-order valence-electron chi connectivity index (χ1n) is 4.27. The van der Waals surface area contributed by atoms with Gasteiger partial charge in [0, 0.05) is 5.75 Å². The molecule has 2 heterocycles. The van der Waals surface area contributed by atoms with Gasteiger partial charge in [0.25, 0.3) is 5.91 Å². The first kappa shape index (κ1) is 9.26. The summed E-state index contributed by atoms with van der Waals surface area (Å²) in [6, 6.07) is 0. The quantitative estimate of drug-likeness (QED) is 0.694. The molecule has 0 fully saturated rings. The monoisotopic (exact) mass is 208 g/mol. The van der Waals surface area contributed by atoms with E-state index in [1.54, 1.807) is 0 Å². The van der Waals surface area contributed by atoms with Crippen LogP contribution in [0.4, 0.5) is 0 Å². The topological polar surface area (TPSA) is 66.5 Å². The maximum absolute atomic E-state index is 11.4. The average Bonchev–Trinajstić information content (AvgIpc) is 2.63. The zero-order valence-electron chi connectivity index (χ0n) is 7.60. The van der Waals surface area contributed by atoms with Crippen molar-refractivity contribution in [1.29, 1.82) is 0 Å². The molecule has 0 aromatic carbocycles. The standard InChI is InChI=1S/C8H8N4OS/c1-2-3-14-8-10-6-5(4-9-12-6)7(13)11-8/h4H,2-3H2,1H3. The number of hydrogen-bond donors (Lipinski definition) is 0. The minimum absolute atomic E-state index is 0.293. The third-order valence-corrected chi connectivity index (χ3v) is 2.70. The maximum Gasteiger partial charge on any atom is 0.285 e. The third kappa shape index (κ3) is 1.65. The van der Waals surface area contributed by atoms with Crippen LogP contribution in [0.1, 0.15) is 13.3 Å². The van der Waals surface area contributed by atoms with Crippen molar-refractivity contribution >= 4 is 28.7 Å². The van der Waals surface area contributed by atoms with Crippen molar-refractivity contribution in [3.05, 3.63) is 11.8 Å². The van der Waals surface area contributed by atoms with Crippen LogP contribution in [0.2, 0.25) is 0 Å². The highest BCUT2D eigenvalue weighted by atomic mass is 32.2. The van der Waals surface area contributed by atoms with Gasteiger partial charge in [0.2, 0.25) is 0 Å². The van der Waals surface area contributed by atoms with Gasteiger partial charge in [-0.05, 0) is 6.42 Å². The highest BCUT2D eigenvalue weighted by molar-refractivity contribution is 8.13. The van der Waals surface area contributed by atoms with Gasteiger partial charge in [-0.3, -0.25) is 4.79 Å². The summed E-state index contributed by atoms with van der Waals surface area (Å²) < 4.78 is 0. The van der Waals surface area contributed by atoms with Crippen molar-refractivity contribution in [2.24, 2.45) is 20.2 Å². The Bertz CT molecular complexity index is 394. The van der Waals surface area contributed by atoms with Gasteiger partial charge in [-0.25, -0.2) is 4.99 Å². The number of amidine groups is 2. The van der Waals surface area contributed by atoms with E-state index in [-0.39, 0.29) is 5.91 Å². The molecule has 2 aliphatic rings. The molecule has 0 unspecified atom stereocenters. The summed E-state index contributed by atoms with van der Waals surface area (Å²) in [5, 5.41) is 7.85. The van der Waals surface area contributed by atoms with Crippen LogP contribution >= 0.6 is 11.8 Å². The van der Waals surface area contributed by atoms with E-state index >= 15 is 0 Å². The molecule has 0 bridgehead atoms. The van der Waals surface area contributed by atoms with E-state index in [0.29, 0.717) is 16.6 Å². The Morgan fingerprint density at radius 2 is 2.29 bits per heavy atom.